The van der Waals surface area contributed by atoms with E-state index in [0.29, 0.717) is 11.3 Å². The molecule has 0 saturated carbocycles. The minimum absolute atomic E-state index is 0. The summed E-state index contributed by atoms with van der Waals surface area (Å²) < 4.78 is 4.52. The van der Waals surface area contributed by atoms with Gasteiger partial charge in [-0.2, -0.15) is 0 Å². The maximum Gasteiger partial charge on any atom is 0.506 e. The molecule has 1 amide bonds. The summed E-state index contributed by atoms with van der Waals surface area (Å²) in [6.07, 6.45) is 2.13. The second-order valence-electron chi connectivity index (χ2n) is 6.01. The van der Waals surface area contributed by atoms with Crippen LogP contribution < -0.4 is 11.1 Å². The first-order chi connectivity index (χ1) is 13.1. The SMILES string of the molecule is Cl.Cl.NCC(C(=O)Nc1ccc2cnccc2c1)c1ccc(COC(=O)O)cc1. The predicted molar refractivity (Wildman–Crippen MR) is 116 cm³/mol. The Hall–Kier alpha value is -2.87. The highest BCUT2D eigenvalue weighted by Gasteiger charge is 2.19. The molecular formula is C20H21Cl2N3O4. The van der Waals surface area contributed by atoms with Gasteiger partial charge in [0.15, 0.2) is 0 Å². The van der Waals surface area contributed by atoms with Gasteiger partial charge in [0.25, 0.3) is 0 Å². The number of carboxylic acid groups (broad SMARTS) is 1. The highest BCUT2D eigenvalue weighted by atomic mass is 35.5. The van der Waals surface area contributed by atoms with E-state index in [1.165, 1.54) is 0 Å². The molecule has 1 heterocycles. The number of rotatable bonds is 6. The van der Waals surface area contributed by atoms with E-state index in [-0.39, 0.29) is 43.9 Å². The number of benzene rings is 2. The van der Waals surface area contributed by atoms with Crippen LogP contribution in [0.2, 0.25) is 0 Å². The molecule has 0 fully saturated rings. The molecule has 0 radical (unpaired) electrons. The van der Waals surface area contributed by atoms with E-state index in [4.69, 9.17) is 10.8 Å². The van der Waals surface area contributed by atoms with Crippen molar-refractivity contribution in [2.24, 2.45) is 5.73 Å². The Morgan fingerprint density at radius 1 is 1.07 bits per heavy atom. The molecule has 0 saturated heterocycles. The molecule has 1 unspecified atom stereocenters. The quantitative estimate of drug-likeness (QED) is 0.502. The minimum atomic E-state index is -1.33. The van der Waals surface area contributed by atoms with Gasteiger partial charge in [-0.1, -0.05) is 30.3 Å². The third-order valence-electron chi connectivity index (χ3n) is 4.20. The Morgan fingerprint density at radius 3 is 2.45 bits per heavy atom. The molecule has 1 atom stereocenters. The molecule has 9 heteroatoms. The van der Waals surface area contributed by atoms with E-state index in [1.807, 2.05) is 24.3 Å². The Labute approximate surface area is 180 Å². The third-order valence-corrected chi connectivity index (χ3v) is 4.20. The summed E-state index contributed by atoms with van der Waals surface area (Å²) in [5, 5.41) is 13.4. The molecule has 0 spiro atoms. The number of ether oxygens (including phenoxy) is 1. The molecule has 3 rings (SSSR count). The van der Waals surface area contributed by atoms with Crippen LogP contribution in [0.1, 0.15) is 17.0 Å². The molecule has 3 aromatic rings. The molecule has 29 heavy (non-hydrogen) atoms. The maximum atomic E-state index is 12.7. The summed E-state index contributed by atoms with van der Waals surface area (Å²) in [6.45, 7) is 0.107. The van der Waals surface area contributed by atoms with E-state index in [9.17, 15) is 9.59 Å². The van der Waals surface area contributed by atoms with Gasteiger partial charge in [0.1, 0.15) is 6.61 Å². The number of halogens is 2. The predicted octanol–water partition coefficient (Wildman–Crippen LogP) is 3.95. The largest absolute Gasteiger partial charge is 0.506 e. The van der Waals surface area contributed by atoms with Gasteiger partial charge in [-0.15, -0.1) is 24.8 Å². The van der Waals surface area contributed by atoms with Gasteiger partial charge in [0, 0.05) is 30.0 Å². The lowest BCUT2D eigenvalue weighted by Gasteiger charge is -2.16. The van der Waals surface area contributed by atoms with Gasteiger partial charge in [-0.25, -0.2) is 4.79 Å². The number of hydrogen-bond donors (Lipinski definition) is 3. The highest BCUT2D eigenvalue weighted by Crippen LogP contribution is 2.21. The molecule has 0 aliphatic rings. The number of anilines is 1. The van der Waals surface area contributed by atoms with E-state index in [2.05, 4.69) is 15.0 Å². The van der Waals surface area contributed by atoms with Crippen LogP contribution in [0.15, 0.2) is 60.9 Å². The molecule has 0 aliphatic carbocycles. The number of hydrogen-bond acceptors (Lipinski definition) is 5. The topological polar surface area (TPSA) is 115 Å². The van der Waals surface area contributed by atoms with Crippen LogP contribution in [-0.2, 0) is 16.1 Å². The molecule has 154 valence electrons. The Morgan fingerprint density at radius 2 is 1.79 bits per heavy atom. The first-order valence-electron chi connectivity index (χ1n) is 8.36. The van der Waals surface area contributed by atoms with Crippen LogP contribution >= 0.6 is 24.8 Å². The number of aromatic nitrogens is 1. The number of amides is 1. The summed E-state index contributed by atoms with van der Waals surface area (Å²) in [5.41, 5.74) is 7.94. The molecular weight excluding hydrogens is 417 g/mol. The third kappa shape index (κ3) is 6.32. The van der Waals surface area contributed by atoms with Gasteiger partial charge in [-0.05, 0) is 34.7 Å². The van der Waals surface area contributed by atoms with Crippen LogP contribution in [0, 0.1) is 0 Å². The summed E-state index contributed by atoms with van der Waals surface area (Å²) in [7, 11) is 0. The fourth-order valence-corrected chi connectivity index (χ4v) is 2.78. The van der Waals surface area contributed by atoms with Crippen molar-refractivity contribution >= 4 is 53.3 Å². The van der Waals surface area contributed by atoms with Crippen molar-refractivity contribution < 1.29 is 19.4 Å². The zero-order chi connectivity index (χ0) is 19.2. The zero-order valence-electron chi connectivity index (χ0n) is 15.3. The maximum absolute atomic E-state index is 12.7. The first-order valence-corrected chi connectivity index (χ1v) is 8.36. The number of carbonyl (C=O) groups is 2. The van der Waals surface area contributed by atoms with Gasteiger partial charge in [0.2, 0.25) is 5.91 Å². The van der Waals surface area contributed by atoms with Crippen LogP contribution in [0.4, 0.5) is 10.5 Å². The zero-order valence-corrected chi connectivity index (χ0v) is 16.9. The number of carbonyl (C=O) groups excluding carboxylic acids is 1. The summed E-state index contributed by atoms with van der Waals surface area (Å²) in [5.74, 6) is -0.729. The lowest BCUT2D eigenvalue weighted by molar-refractivity contribution is -0.117. The highest BCUT2D eigenvalue weighted by molar-refractivity contribution is 5.98. The second-order valence-corrected chi connectivity index (χ2v) is 6.01. The van der Waals surface area contributed by atoms with Crippen molar-refractivity contribution in [1.82, 2.24) is 4.98 Å². The average molecular weight is 438 g/mol. The minimum Gasteiger partial charge on any atom is -0.450 e. The average Bonchev–Trinajstić information content (AvgIpc) is 2.68. The van der Waals surface area contributed by atoms with E-state index in [0.717, 1.165) is 16.3 Å². The number of pyridine rings is 1. The van der Waals surface area contributed by atoms with Crippen molar-refractivity contribution in [3.63, 3.8) is 0 Å². The van der Waals surface area contributed by atoms with Crippen molar-refractivity contribution in [1.29, 1.82) is 0 Å². The van der Waals surface area contributed by atoms with Crippen LogP contribution in [0.5, 0.6) is 0 Å². The number of nitrogens with one attached hydrogen (secondary N) is 1. The van der Waals surface area contributed by atoms with Crippen molar-refractivity contribution in [3.05, 3.63) is 72.1 Å². The smallest absolute Gasteiger partial charge is 0.450 e. The molecule has 0 aliphatic heterocycles. The standard InChI is InChI=1S/C20H19N3O4.2ClH/c21-10-18(14-3-1-13(2-4-14)12-27-20(25)26)19(24)23-17-6-5-16-11-22-8-7-15(16)9-17;;/h1-9,11,18H,10,12,21H2,(H,23,24)(H,25,26);2*1H. The normalized spacial score (nSPS) is 10.9. The lowest BCUT2D eigenvalue weighted by atomic mass is 9.97. The number of nitrogens with zero attached hydrogens (tertiary/aromatic N) is 1. The van der Waals surface area contributed by atoms with Crippen molar-refractivity contribution in [2.45, 2.75) is 12.5 Å². The number of nitrogens with two attached hydrogens (primary N) is 1. The molecule has 7 nitrogen and oxygen atoms in total. The number of fused-ring (bicyclic) bond motifs is 1. The second kappa shape index (κ2) is 11.2. The van der Waals surface area contributed by atoms with Gasteiger partial charge in [0.05, 0.1) is 5.92 Å². The molecule has 1 aromatic heterocycles. The van der Waals surface area contributed by atoms with Crippen molar-refractivity contribution in [3.8, 4) is 0 Å². The fourth-order valence-electron chi connectivity index (χ4n) is 2.78. The Balaban J connectivity index is 0.00000210. The first kappa shape index (κ1) is 24.2. The summed E-state index contributed by atoms with van der Waals surface area (Å²) >= 11 is 0. The van der Waals surface area contributed by atoms with E-state index in [1.54, 1.807) is 36.7 Å². The summed E-state index contributed by atoms with van der Waals surface area (Å²) in [6, 6.07) is 14.4. The van der Waals surface area contributed by atoms with E-state index < -0.39 is 12.1 Å². The lowest BCUT2D eigenvalue weighted by Crippen LogP contribution is -2.27. The van der Waals surface area contributed by atoms with Crippen LogP contribution in [0.3, 0.4) is 0 Å². The molecule has 2 aromatic carbocycles. The Kier molecular flexibility index (Phi) is 9.34. The van der Waals surface area contributed by atoms with Gasteiger partial charge >= 0.3 is 6.16 Å². The van der Waals surface area contributed by atoms with Gasteiger partial charge < -0.3 is 20.9 Å². The van der Waals surface area contributed by atoms with Crippen molar-refractivity contribution in [2.75, 3.05) is 11.9 Å². The Bertz CT molecular complexity index is 967. The van der Waals surface area contributed by atoms with E-state index >= 15 is 0 Å². The van der Waals surface area contributed by atoms with Crippen LogP contribution in [-0.4, -0.2) is 28.7 Å². The fraction of sp³-hybridized carbons (Fsp3) is 0.150. The molecule has 4 N–H and O–H groups in total. The van der Waals surface area contributed by atoms with Gasteiger partial charge in [-0.3, -0.25) is 9.78 Å². The monoisotopic (exact) mass is 437 g/mol. The summed E-state index contributed by atoms with van der Waals surface area (Å²) in [4.78, 5) is 27.2. The van der Waals surface area contributed by atoms with Crippen LogP contribution in [0.25, 0.3) is 10.8 Å². The molecule has 0 bridgehead atoms.